The van der Waals surface area contributed by atoms with Crippen LogP contribution in [0.5, 0.6) is 0 Å². The molecule has 98 valence electrons. The Kier molecular flexibility index (Phi) is 4.37. The van der Waals surface area contributed by atoms with Crippen molar-refractivity contribution in [1.82, 2.24) is 35.1 Å². The number of aryl methyl sites for hydroxylation is 2. The van der Waals surface area contributed by atoms with Crippen LogP contribution in [0.2, 0.25) is 0 Å². The molecule has 0 atom stereocenters. The van der Waals surface area contributed by atoms with Crippen molar-refractivity contribution in [3.63, 3.8) is 0 Å². The van der Waals surface area contributed by atoms with Crippen molar-refractivity contribution in [3.8, 4) is 0 Å². The molecule has 0 aliphatic carbocycles. The number of nitrogens with zero attached hydrogens (tertiary/aromatic N) is 6. The van der Waals surface area contributed by atoms with Crippen molar-refractivity contribution in [1.29, 1.82) is 0 Å². The Balaban J connectivity index is 1.76. The van der Waals surface area contributed by atoms with E-state index >= 15 is 0 Å². The van der Waals surface area contributed by atoms with Crippen LogP contribution < -0.4 is 5.32 Å². The standard InChI is InChI=1S/C10H17N7O/c1-16-8-12-14-10(16)6-11-5-9-7-17(15-13-9)3-2-4-18/h7-8,11,18H,2-6H2,1H3. The minimum absolute atomic E-state index is 0.166. The molecule has 0 aliphatic heterocycles. The largest absolute Gasteiger partial charge is 0.396 e. The molecule has 0 radical (unpaired) electrons. The van der Waals surface area contributed by atoms with E-state index in [1.165, 1.54) is 0 Å². The Bertz CT molecular complexity index is 478. The van der Waals surface area contributed by atoms with Gasteiger partial charge in [0.25, 0.3) is 0 Å². The molecule has 2 aromatic rings. The summed E-state index contributed by atoms with van der Waals surface area (Å²) in [6.45, 7) is 2.12. The number of aliphatic hydroxyl groups is 1. The highest BCUT2D eigenvalue weighted by molar-refractivity contribution is 4.92. The molecule has 0 spiro atoms. The maximum absolute atomic E-state index is 8.72. The van der Waals surface area contributed by atoms with Gasteiger partial charge < -0.3 is 15.0 Å². The van der Waals surface area contributed by atoms with E-state index < -0.39 is 0 Å². The van der Waals surface area contributed by atoms with Gasteiger partial charge in [0.15, 0.2) is 0 Å². The number of aromatic nitrogens is 6. The first kappa shape index (κ1) is 12.7. The molecule has 0 unspecified atom stereocenters. The summed E-state index contributed by atoms with van der Waals surface area (Å²) in [4.78, 5) is 0. The van der Waals surface area contributed by atoms with Crippen molar-refractivity contribution < 1.29 is 5.11 Å². The van der Waals surface area contributed by atoms with Crippen molar-refractivity contribution in [2.45, 2.75) is 26.1 Å². The third-order valence-corrected chi connectivity index (χ3v) is 2.53. The Morgan fingerprint density at radius 3 is 2.94 bits per heavy atom. The Labute approximate surface area is 105 Å². The highest BCUT2D eigenvalue weighted by Crippen LogP contribution is 1.96. The van der Waals surface area contributed by atoms with E-state index in [9.17, 15) is 0 Å². The second kappa shape index (κ2) is 6.22. The summed E-state index contributed by atoms with van der Waals surface area (Å²) in [5.74, 6) is 0.877. The fourth-order valence-electron chi connectivity index (χ4n) is 1.53. The zero-order valence-corrected chi connectivity index (χ0v) is 10.3. The number of rotatable bonds is 7. The highest BCUT2D eigenvalue weighted by atomic mass is 16.3. The molecule has 0 aliphatic rings. The van der Waals surface area contributed by atoms with Crippen LogP contribution in [0.25, 0.3) is 0 Å². The van der Waals surface area contributed by atoms with Gasteiger partial charge in [0.1, 0.15) is 12.2 Å². The van der Waals surface area contributed by atoms with Crippen LogP contribution in [0.1, 0.15) is 17.9 Å². The number of hydrogen-bond donors (Lipinski definition) is 2. The highest BCUT2D eigenvalue weighted by Gasteiger charge is 2.02. The van der Waals surface area contributed by atoms with Crippen LogP contribution >= 0.6 is 0 Å². The van der Waals surface area contributed by atoms with Gasteiger partial charge in [-0.25, -0.2) is 0 Å². The van der Waals surface area contributed by atoms with Gasteiger partial charge in [-0.05, 0) is 6.42 Å². The summed E-state index contributed by atoms with van der Waals surface area (Å²) in [6, 6.07) is 0. The van der Waals surface area contributed by atoms with Crippen molar-refractivity contribution in [3.05, 3.63) is 24.0 Å². The fourth-order valence-corrected chi connectivity index (χ4v) is 1.53. The molecule has 8 heteroatoms. The van der Waals surface area contributed by atoms with E-state index in [4.69, 9.17) is 5.11 Å². The predicted octanol–water partition coefficient (Wildman–Crippen LogP) is -0.921. The lowest BCUT2D eigenvalue weighted by molar-refractivity contribution is 0.276. The molecular formula is C10H17N7O. The van der Waals surface area contributed by atoms with Gasteiger partial charge in [0.2, 0.25) is 0 Å². The third-order valence-electron chi connectivity index (χ3n) is 2.53. The lowest BCUT2D eigenvalue weighted by atomic mass is 10.4. The van der Waals surface area contributed by atoms with Crippen molar-refractivity contribution >= 4 is 0 Å². The molecule has 0 saturated heterocycles. The first-order valence-corrected chi connectivity index (χ1v) is 5.83. The van der Waals surface area contributed by atoms with Crippen LogP contribution in [-0.4, -0.2) is 41.5 Å². The number of hydrogen-bond acceptors (Lipinski definition) is 6. The fraction of sp³-hybridized carbons (Fsp3) is 0.600. The van der Waals surface area contributed by atoms with E-state index in [2.05, 4.69) is 25.8 Å². The van der Waals surface area contributed by atoms with Gasteiger partial charge >= 0.3 is 0 Å². The third kappa shape index (κ3) is 3.34. The first-order chi connectivity index (χ1) is 8.79. The van der Waals surface area contributed by atoms with Gasteiger partial charge in [-0.1, -0.05) is 5.21 Å². The van der Waals surface area contributed by atoms with Gasteiger partial charge in [0.05, 0.1) is 12.2 Å². The smallest absolute Gasteiger partial charge is 0.146 e. The Morgan fingerprint density at radius 1 is 1.33 bits per heavy atom. The van der Waals surface area contributed by atoms with Crippen LogP contribution in [0.4, 0.5) is 0 Å². The number of aliphatic hydroxyl groups excluding tert-OH is 1. The minimum atomic E-state index is 0.166. The number of nitrogens with one attached hydrogen (secondary N) is 1. The van der Waals surface area contributed by atoms with Crippen LogP contribution in [0, 0.1) is 0 Å². The van der Waals surface area contributed by atoms with Gasteiger partial charge in [-0.15, -0.1) is 15.3 Å². The Hall–Kier alpha value is -1.80. The molecule has 2 aromatic heterocycles. The van der Waals surface area contributed by atoms with Crippen LogP contribution in [0.15, 0.2) is 12.5 Å². The maximum atomic E-state index is 8.72. The van der Waals surface area contributed by atoms with E-state index in [0.717, 1.165) is 11.5 Å². The molecular weight excluding hydrogens is 234 g/mol. The van der Waals surface area contributed by atoms with E-state index in [0.29, 0.717) is 26.1 Å². The van der Waals surface area contributed by atoms with Crippen LogP contribution in [-0.2, 0) is 26.7 Å². The predicted molar refractivity (Wildman–Crippen MR) is 63.3 cm³/mol. The molecule has 0 amide bonds. The van der Waals surface area contributed by atoms with Crippen molar-refractivity contribution in [2.75, 3.05) is 6.61 Å². The topological polar surface area (TPSA) is 93.7 Å². The normalized spacial score (nSPS) is 11.0. The summed E-state index contributed by atoms with van der Waals surface area (Å²) < 4.78 is 3.60. The van der Waals surface area contributed by atoms with Gasteiger partial charge in [-0.3, -0.25) is 4.68 Å². The van der Waals surface area contributed by atoms with E-state index in [-0.39, 0.29) is 6.61 Å². The van der Waals surface area contributed by atoms with E-state index in [1.54, 1.807) is 11.0 Å². The quantitative estimate of drug-likeness (QED) is 0.661. The minimum Gasteiger partial charge on any atom is -0.396 e. The summed E-state index contributed by atoms with van der Waals surface area (Å²) in [7, 11) is 1.90. The molecule has 18 heavy (non-hydrogen) atoms. The van der Waals surface area contributed by atoms with Crippen LogP contribution in [0.3, 0.4) is 0 Å². The average molecular weight is 251 g/mol. The van der Waals surface area contributed by atoms with Gasteiger partial charge in [0, 0.05) is 32.9 Å². The molecule has 8 nitrogen and oxygen atoms in total. The molecule has 0 aromatic carbocycles. The SMILES string of the molecule is Cn1cnnc1CNCc1cn(CCCO)nn1. The molecule has 0 fully saturated rings. The average Bonchev–Trinajstić information content (AvgIpc) is 2.97. The van der Waals surface area contributed by atoms with Gasteiger partial charge in [-0.2, -0.15) is 0 Å². The lowest BCUT2D eigenvalue weighted by Crippen LogP contribution is -2.16. The molecule has 2 heterocycles. The van der Waals surface area contributed by atoms with Crippen molar-refractivity contribution in [2.24, 2.45) is 7.05 Å². The second-order valence-corrected chi connectivity index (χ2v) is 4.01. The Morgan fingerprint density at radius 2 is 2.22 bits per heavy atom. The molecule has 0 saturated carbocycles. The summed E-state index contributed by atoms with van der Waals surface area (Å²) >= 11 is 0. The monoisotopic (exact) mass is 251 g/mol. The van der Waals surface area contributed by atoms with E-state index in [1.807, 2.05) is 17.8 Å². The molecule has 2 N–H and O–H groups in total. The summed E-state index contributed by atoms with van der Waals surface area (Å²) in [5, 5.41) is 27.7. The maximum Gasteiger partial charge on any atom is 0.146 e. The molecule has 0 bridgehead atoms. The second-order valence-electron chi connectivity index (χ2n) is 4.01. The zero-order valence-electron chi connectivity index (χ0n) is 10.3. The summed E-state index contributed by atoms with van der Waals surface area (Å²) in [5.41, 5.74) is 0.870. The molecule has 2 rings (SSSR count). The lowest BCUT2D eigenvalue weighted by Gasteiger charge is -2.01. The zero-order chi connectivity index (χ0) is 12.8. The summed E-state index contributed by atoms with van der Waals surface area (Å²) in [6.07, 6.45) is 4.23. The first-order valence-electron chi connectivity index (χ1n) is 5.83.